The van der Waals surface area contributed by atoms with Crippen LogP contribution in [-0.4, -0.2) is 60.7 Å². The van der Waals surface area contributed by atoms with Crippen LogP contribution >= 0.6 is 11.6 Å². The van der Waals surface area contributed by atoms with Crippen molar-refractivity contribution in [2.24, 2.45) is 10.1 Å². The monoisotopic (exact) mass is 534 g/mol. The van der Waals surface area contributed by atoms with Crippen LogP contribution in [-0.2, 0) is 4.74 Å². The van der Waals surface area contributed by atoms with Crippen molar-refractivity contribution in [1.29, 1.82) is 0 Å². The van der Waals surface area contributed by atoms with Crippen molar-refractivity contribution in [3.8, 4) is 0 Å². The number of hydrazone groups is 1. The lowest BCUT2D eigenvalue weighted by atomic mass is 10.0. The quantitative estimate of drug-likeness (QED) is 0.217. The average Bonchev–Trinajstić information content (AvgIpc) is 2.91. The van der Waals surface area contributed by atoms with Crippen molar-refractivity contribution in [2.45, 2.75) is 6.92 Å². The molecule has 9 nitrogen and oxygen atoms in total. The van der Waals surface area contributed by atoms with Crippen LogP contribution in [0.25, 0.3) is 5.57 Å². The Kier molecular flexibility index (Phi) is 9.12. The van der Waals surface area contributed by atoms with Crippen molar-refractivity contribution in [3.05, 3.63) is 83.1 Å². The van der Waals surface area contributed by atoms with E-state index in [0.717, 1.165) is 34.3 Å². The summed E-state index contributed by atoms with van der Waals surface area (Å²) < 4.78 is 19.5. The van der Waals surface area contributed by atoms with Gasteiger partial charge < -0.3 is 15.0 Å². The largest absolute Gasteiger partial charge is 0.378 e. The van der Waals surface area contributed by atoms with E-state index in [2.05, 4.69) is 42.4 Å². The number of nitrogens with one attached hydrogen (secondary N) is 2. The van der Waals surface area contributed by atoms with Gasteiger partial charge in [-0.05, 0) is 54.0 Å². The van der Waals surface area contributed by atoms with Gasteiger partial charge in [-0.25, -0.2) is 14.8 Å². The molecule has 1 aromatic carbocycles. The minimum atomic E-state index is -0.486. The highest BCUT2D eigenvalue weighted by Gasteiger charge is 2.17. The fourth-order valence-corrected chi connectivity index (χ4v) is 3.97. The van der Waals surface area contributed by atoms with E-state index in [4.69, 9.17) is 16.3 Å². The van der Waals surface area contributed by atoms with Crippen molar-refractivity contribution in [2.75, 3.05) is 49.0 Å². The molecule has 3 aromatic rings. The zero-order valence-corrected chi connectivity index (χ0v) is 21.9. The molecule has 196 valence electrons. The fraction of sp³-hybridized carbons (Fsp3) is 0.222. The lowest BCUT2D eigenvalue weighted by Crippen LogP contribution is -2.37. The van der Waals surface area contributed by atoms with Crippen LogP contribution < -0.4 is 15.6 Å². The summed E-state index contributed by atoms with van der Waals surface area (Å²) in [5, 5.41) is 8.02. The van der Waals surface area contributed by atoms with Gasteiger partial charge in [0.05, 0.1) is 43.2 Å². The maximum atomic E-state index is 14.2. The van der Waals surface area contributed by atoms with Gasteiger partial charge in [0.1, 0.15) is 0 Å². The lowest BCUT2D eigenvalue weighted by Gasteiger charge is -2.27. The Morgan fingerprint density at radius 2 is 1.97 bits per heavy atom. The van der Waals surface area contributed by atoms with Gasteiger partial charge in [0, 0.05) is 37.1 Å². The molecule has 0 atom stereocenters. The van der Waals surface area contributed by atoms with Crippen molar-refractivity contribution in [3.63, 3.8) is 0 Å². The van der Waals surface area contributed by atoms with Crippen LogP contribution in [0, 0.1) is 5.82 Å². The van der Waals surface area contributed by atoms with Crippen LogP contribution in [0.4, 0.5) is 27.5 Å². The minimum Gasteiger partial charge on any atom is -0.378 e. The number of ether oxygens (including phenoxy) is 1. The van der Waals surface area contributed by atoms with E-state index in [1.54, 1.807) is 25.5 Å². The average molecular weight is 535 g/mol. The molecule has 38 heavy (non-hydrogen) atoms. The van der Waals surface area contributed by atoms with E-state index in [1.165, 1.54) is 6.21 Å². The second kappa shape index (κ2) is 12.9. The summed E-state index contributed by atoms with van der Waals surface area (Å²) in [5.41, 5.74) is 7.63. The van der Waals surface area contributed by atoms with E-state index < -0.39 is 5.82 Å². The smallest absolute Gasteiger partial charge is 0.245 e. The number of hydrogen-bond acceptors (Lipinski definition) is 9. The maximum Gasteiger partial charge on any atom is 0.245 e. The Morgan fingerprint density at radius 3 is 2.71 bits per heavy atom. The third-order valence-electron chi connectivity index (χ3n) is 5.48. The van der Waals surface area contributed by atoms with Gasteiger partial charge in [-0.15, -0.1) is 0 Å². The summed E-state index contributed by atoms with van der Waals surface area (Å²) in [6, 6.07) is 9.33. The summed E-state index contributed by atoms with van der Waals surface area (Å²) in [6.07, 6.45) is 8.06. The van der Waals surface area contributed by atoms with E-state index in [1.807, 2.05) is 42.2 Å². The Bertz CT molecular complexity index is 1370. The first-order valence-electron chi connectivity index (χ1n) is 11.9. The molecular formula is C27H28ClFN8O. The minimum absolute atomic E-state index is 0.188. The van der Waals surface area contributed by atoms with Gasteiger partial charge in [0.25, 0.3) is 0 Å². The number of aliphatic imine (C=N–C) groups is 1. The van der Waals surface area contributed by atoms with Crippen LogP contribution in [0.15, 0.2) is 71.0 Å². The number of hydrogen-bond donors (Lipinski definition) is 2. The first kappa shape index (κ1) is 26.9. The summed E-state index contributed by atoms with van der Waals surface area (Å²) in [7, 11) is 1.73. The molecule has 1 fully saturated rings. The van der Waals surface area contributed by atoms with Gasteiger partial charge in [-0.1, -0.05) is 24.3 Å². The number of nitrogens with zero attached hydrogens (tertiary/aromatic N) is 6. The number of benzene rings is 1. The third-order valence-corrected chi connectivity index (χ3v) is 5.69. The topological polar surface area (TPSA) is 99.9 Å². The van der Waals surface area contributed by atoms with Crippen molar-refractivity contribution >= 4 is 52.7 Å². The molecule has 0 amide bonds. The number of allylic oxidation sites excluding steroid dienone is 3. The highest BCUT2D eigenvalue weighted by molar-refractivity contribution is 6.31. The van der Waals surface area contributed by atoms with E-state index in [0.29, 0.717) is 37.0 Å². The fourth-order valence-electron chi connectivity index (χ4n) is 3.73. The number of pyridine rings is 1. The van der Waals surface area contributed by atoms with E-state index >= 15 is 0 Å². The van der Waals surface area contributed by atoms with Crippen molar-refractivity contribution in [1.82, 2.24) is 15.0 Å². The standard InChI is InChI=1S/C27H28ClFN8O/c1-18(14-30-3)10-19(2)20-11-21(28)13-24(12-20)34-23-5-4-22(31-15-23)16-33-36-27-32-17-25(29)26(35-27)37-6-8-38-9-7-37/h4-5,10-17,34H,2,6-9H2,1,3H3,(H,32,35,36)/b18-10-,30-14-,33-16+. The highest BCUT2D eigenvalue weighted by Crippen LogP contribution is 2.27. The van der Waals surface area contributed by atoms with Gasteiger partial charge in [0.15, 0.2) is 11.6 Å². The molecule has 0 radical (unpaired) electrons. The molecule has 2 aromatic heterocycles. The molecular weight excluding hydrogens is 507 g/mol. The van der Waals surface area contributed by atoms with Gasteiger partial charge in [-0.2, -0.15) is 10.1 Å². The van der Waals surface area contributed by atoms with Crippen LogP contribution in [0.3, 0.4) is 0 Å². The summed E-state index contributed by atoms with van der Waals surface area (Å²) in [4.78, 5) is 18.4. The van der Waals surface area contributed by atoms with Gasteiger partial charge >= 0.3 is 0 Å². The lowest BCUT2D eigenvalue weighted by molar-refractivity contribution is 0.122. The van der Waals surface area contributed by atoms with Crippen LogP contribution in [0.2, 0.25) is 5.02 Å². The van der Waals surface area contributed by atoms with E-state index in [9.17, 15) is 4.39 Å². The number of rotatable bonds is 9. The Labute approximate surface area is 225 Å². The SMILES string of the molecule is C=C(/C=C(C)\C=N/C)c1cc(Cl)cc(Nc2ccc(/C=N/Nc3ncc(F)c(N4CCOCC4)n3)nc2)c1. The zero-order chi connectivity index (χ0) is 26.9. The van der Waals surface area contributed by atoms with Gasteiger partial charge in [0.2, 0.25) is 5.95 Å². The third kappa shape index (κ3) is 7.44. The molecule has 1 saturated heterocycles. The molecule has 1 aliphatic heterocycles. The first-order valence-corrected chi connectivity index (χ1v) is 12.3. The number of halogens is 2. The Balaban J connectivity index is 1.38. The predicted octanol–water partition coefficient (Wildman–Crippen LogP) is 5.35. The van der Waals surface area contributed by atoms with E-state index in [-0.39, 0.29) is 11.8 Å². The Morgan fingerprint density at radius 1 is 1.16 bits per heavy atom. The zero-order valence-electron chi connectivity index (χ0n) is 21.2. The summed E-state index contributed by atoms with van der Waals surface area (Å²) in [5.74, 6) is -0.0732. The summed E-state index contributed by atoms with van der Waals surface area (Å²) in [6.45, 7) is 8.29. The van der Waals surface area contributed by atoms with Gasteiger partial charge in [-0.3, -0.25) is 9.98 Å². The van der Waals surface area contributed by atoms with Crippen LogP contribution in [0.5, 0.6) is 0 Å². The Hall–Kier alpha value is -4.15. The molecule has 3 heterocycles. The molecule has 2 N–H and O–H groups in total. The second-order valence-corrected chi connectivity index (χ2v) is 8.90. The summed E-state index contributed by atoms with van der Waals surface area (Å²) >= 11 is 6.35. The normalized spacial score (nSPS) is 14.3. The molecule has 0 saturated carbocycles. The molecule has 1 aliphatic rings. The van der Waals surface area contributed by atoms with Crippen molar-refractivity contribution < 1.29 is 9.13 Å². The molecule has 0 unspecified atom stereocenters. The second-order valence-electron chi connectivity index (χ2n) is 8.46. The van der Waals surface area contributed by atoms with Crippen LogP contribution in [0.1, 0.15) is 18.2 Å². The predicted molar refractivity (Wildman–Crippen MR) is 152 cm³/mol. The first-order chi connectivity index (χ1) is 18.4. The number of morpholine rings is 1. The molecule has 4 rings (SSSR count). The maximum absolute atomic E-state index is 14.2. The molecule has 0 bridgehead atoms. The molecule has 0 spiro atoms. The molecule has 0 aliphatic carbocycles. The number of anilines is 4. The molecule has 11 heteroatoms. The number of aromatic nitrogens is 3. The highest BCUT2D eigenvalue weighted by atomic mass is 35.5.